The first-order valence-corrected chi connectivity index (χ1v) is 8.26. The Labute approximate surface area is 132 Å². The second-order valence-corrected chi connectivity index (χ2v) is 6.93. The standard InChI is InChI=1S/C18H25FN2O/c1-20(2)18(22)16-9-15(10-16)13-5-6-14(17(19)11-13)12-21-7-3-4-8-21/h5-6,11,15-16H,3-4,7-10,12H2,1-2H3. The van der Waals surface area contributed by atoms with Gasteiger partial charge in [0.2, 0.25) is 5.91 Å². The molecule has 1 saturated heterocycles. The summed E-state index contributed by atoms with van der Waals surface area (Å²) in [7, 11) is 3.59. The molecule has 0 atom stereocenters. The first kappa shape index (κ1) is 15.5. The van der Waals surface area contributed by atoms with E-state index in [4.69, 9.17) is 0 Å². The van der Waals surface area contributed by atoms with Gasteiger partial charge in [-0.3, -0.25) is 9.69 Å². The number of hydrogen-bond donors (Lipinski definition) is 0. The maximum atomic E-state index is 14.3. The highest BCUT2D eigenvalue weighted by Crippen LogP contribution is 2.42. The lowest BCUT2D eigenvalue weighted by atomic mass is 9.71. The van der Waals surface area contributed by atoms with Crippen molar-refractivity contribution in [3.05, 3.63) is 35.1 Å². The summed E-state index contributed by atoms with van der Waals surface area (Å²) in [6.45, 7) is 2.88. The number of rotatable bonds is 4. The highest BCUT2D eigenvalue weighted by atomic mass is 19.1. The van der Waals surface area contributed by atoms with E-state index in [1.165, 1.54) is 12.8 Å². The third kappa shape index (κ3) is 3.17. The summed E-state index contributed by atoms with van der Waals surface area (Å²) in [6.07, 6.45) is 4.15. The minimum absolute atomic E-state index is 0.0909. The maximum Gasteiger partial charge on any atom is 0.225 e. The Balaban J connectivity index is 1.60. The van der Waals surface area contributed by atoms with Gasteiger partial charge < -0.3 is 4.90 Å². The molecule has 1 amide bonds. The van der Waals surface area contributed by atoms with Crippen LogP contribution in [0, 0.1) is 11.7 Å². The van der Waals surface area contributed by atoms with Gasteiger partial charge in [0.1, 0.15) is 5.82 Å². The molecule has 0 aromatic heterocycles. The van der Waals surface area contributed by atoms with Crippen molar-refractivity contribution in [2.45, 2.75) is 38.1 Å². The molecule has 4 heteroatoms. The molecule has 0 bridgehead atoms. The summed E-state index contributed by atoms with van der Waals surface area (Å²) in [6, 6.07) is 5.67. The molecule has 3 rings (SSSR count). The Bertz CT molecular complexity index is 546. The normalized spacial score (nSPS) is 25.0. The fourth-order valence-electron chi connectivity index (χ4n) is 3.58. The summed E-state index contributed by atoms with van der Waals surface area (Å²) in [5.74, 6) is 0.561. The van der Waals surface area contributed by atoms with Gasteiger partial charge in [-0.05, 0) is 56.3 Å². The molecule has 1 heterocycles. The minimum Gasteiger partial charge on any atom is -0.349 e. The molecular formula is C18H25FN2O. The molecule has 2 fully saturated rings. The molecule has 1 aliphatic heterocycles. The molecule has 1 saturated carbocycles. The summed E-state index contributed by atoms with van der Waals surface area (Å²) < 4.78 is 14.3. The van der Waals surface area contributed by atoms with Crippen LogP contribution in [0.1, 0.15) is 42.7 Å². The second-order valence-electron chi connectivity index (χ2n) is 6.93. The molecule has 3 nitrogen and oxygen atoms in total. The van der Waals surface area contributed by atoms with Crippen molar-refractivity contribution in [2.75, 3.05) is 27.2 Å². The zero-order valence-electron chi connectivity index (χ0n) is 13.5. The average Bonchev–Trinajstić information content (AvgIpc) is 2.92. The van der Waals surface area contributed by atoms with Crippen LogP contribution in [0.5, 0.6) is 0 Å². The number of nitrogens with zero attached hydrogens (tertiary/aromatic N) is 2. The Morgan fingerprint density at radius 2 is 1.95 bits per heavy atom. The van der Waals surface area contributed by atoms with Gasteiger partial charge in [-0.15, -0.1) is 0 Å². The van der Waals surface area contributed by atoms with Crippen molar-refractivity contribution in [1.82, 2.24) is 9.80 Å². The highest BCUT2D eigenvalue weighted by molar-refractivity contribution is 5.79. The molecule has 0 unspecified atom stereocenters. The summed E-state index contributed by atoms with van der Waals surface area (Å²) in [5.41, 5.74) is 1.84. The fraction of sp³-hybridized carbons (Fsp3) is 0.611. The predicted molar refractivity (Wildman–Crippen MR) is 85.1 cm³/mol. The summed E-state index contributed by atoms with van der Waals surface area (Å²) in [5, 5.41) is 0. The van der Waals surface area contributed by atoms with Crippen molar-refractivity contribution < 1.29 is 9.18 Å². The van der Waals surface area contributed by atoms with Crippen LogP contribution in [0.3, 0.4) is 0 Å². The Morgan fingerprint density at radius 3 is 2.55 bits per heavy atom. The number of carbonyl (C=O) groups is 1. The number of hydrogen-bond acceptors (Lipinski definition) is 2. The number of amides is 1. The minimum atomic E-state index is -0.0909. The van der Waals surface area contributed by atoms with Crippen LogP contribution in [0.2, 0.25) is 0 Å². The van der Waals surface area contributed by atoms with Gasteiger partial charge in [-0.1, -0.05) is 12.1 Å². The third-order valence-corrected chi connectivity index (χ3v) is 5.07. The van der Waals surface area contributed by atoms with E-state index in [2.05, 4.69) is 11.0 Å². The van der Waals surface area contributed by atoms with E-state index in [9.17, 15) is 9.18 Å². The van der Waals surface area contributed by atoms with Crippen LogP contribution >= 0.6 is 0 Å². The molecule has 2 aliphatic rings. The molecule has 0 N–H and O–H groups in total. The second kappa shape index (κ2) is 6.37. The Hall–Kier alpha value is -1.42. The summed E-state index contributed by atoms with van der Waals surface area (Å²) in [4.78, 5) is 15.8. The highest BCUT2D eigenvalue weighted by Gasteiger charge is 2.36. The number of halogens is 1. The van der Waals surface area contributed by atoms with Gasteiger partial charge in [0.25, 0.3) is 0 Å². The Morgan fingerprint density at radius 1 is 1.27 bits per heavy atom. The topological polar surface area (TPSA) is 23.6 Å². The van der Waals surface area contributed by atoms with Gasteiger partial charge in [0.05, 0.1) is 0 Å². The molecule has 0 radical (unpaired) electrons. The molecule has 120 valence electrons. The Kier molecular flexibility index (Phi) is 4.48. The van der Waals surface area contributed by atoms with Crippen molar-refractivity contribution in [2.24, 2.45) is 5.92 Å². The monoisotopic (exact) mass is 304 g/mol. The maximum absolute atomic E-state index is 14.3. The van der Waals surface area contributed by atoms with E-state index in [0.717, 1.165) is 43.6 Å². The zero-order chi connectivity index (χ0) is 15.7. The lowest BCUT2D eigenvalue weighted by molar-refractivity contribution is -0.136. The largest absolute Gasteiger partial charge is 0.349 e. The molecule has 1 aromatic rings. The van der Waals surface area contributed by atoms with Crippen molar-refractivity contribution in [3.8, 4) is 0 Å². The van der Waals surface area contributed by atoms with Gasteiger partial charge >= 0.3 is 0 Å². The van der Waals surface area contributed by atoms with Gasteiger partial charge in [0.15, 0.2) is 0 Å². The number of benzene rings is 1. The summed E-state index contributed by atoms with van der Waals surface area (Å²) >= 11 is 0. The van der Waals surface area contributed by atoms with E-state index in [-0.39, 0.29) is 17.6 Å². The van der Waals surface area contributed by atoms with Crippen molar-refractivity contribution in [3.63, 3.8) is 0 Å². The molecule has 0 spiro atoms. The molecule has 1 aromatic carbocycles. The van der Waals surface area contributed by atoms with Crippen LogP contribution in [-0.4, -0.2) is 42.9 Å². The van der Waals surface area contributed by atoms with E-state index < -0.39 is 0 Å². The molecule has 22 heavy (non-hydrogen) atoms. The zero-order valence-corrected chi connectivity index (χ0v) is 13.5. The van der Waals surface area contributed by atoms with Crippen molar-refractivity contribution in [1.29, 1.82) is 0 Å². The van der Waals surface area contributed by atoms with Gasteiger partial charge in [-0.2, -0.15) is 0 Å². The molecule has 1 aliphatic carbocycles. The van der Waals surface area contributed by atoms with Crippen LogP contribution in [0.25, 0.3) is 0 Å². The van der Waals surface area contributed by atoms with E-state index in [1.807, 2.05) is 6.07 Å². The number of likely N-dealkylation sites (tertiary alicyclic amines) is 1. The van der Waals surface area contributed by atoms with E-state index in [1.54, 1.807) is 25.1 Å². The first-order chi connectivity index (χ1) is 10.5. The quantitative estimate of drug-likeness (QED) is 0.854. The SMILES string of the molecule is CN(C)C(=O)C1CC(c2ccc(CN3CCCC3)c(F)c2)C1. The molecular weight excluding hydrogens is 279 g/mol. The van der Waals surface area contributed by atoms with E-state index in [0.29, 0.717) is 5.92 Å². The number of carbonyl (C=O) groups excluding carboxylic acids is 1. The first-order valence-electron chi connectivity index (χ1n) is 8.26. The van der Waals surface area contributed by atoms with Crippen LogP contribution in [0.15, 0.2) is 18.2 Å². The van der Waals surface area contributed by atoms with E-state index >= 15 is 0 Å². The lowest BCUT2D eigenvalue weighted by Gasteiger charge is -2.36. The smallest absolute Gasteiger partial charge is 0.225 e. The lowest BCUT2D eigenvalue weighted by Crippen LogP contribution is -2.37. The van der Waals surface area contributed by atoms with Crippen LogP contribution < -0.4 is 0 Å². The van der Waals surface area contributed by atoms with Gasteiger partial charge in [-0.25, -0.2) is 4.39 Å². The third-order valence-electron chi connectivity index (χ3n) is 5.07. The van der Waals surface area contributed by atoms with Crippen LogP contribution in [0.4, 0.5) is 4.39 Å². The van der Waals surface area contributed by atoms with Crippen molar-refractivity contribution >= 4 is 5.91 Å². The average molecular weight is 304 g/mol. The van der Waals surface area contributed by atoms with Gasteiger partial charge in [0, 0.05) is 32.1 Å². The predicted octanol–water partition coefficient (Wildman–Crippen LogP) is 3.00. The fourth-order valence-corrected chi connectivity index (χ4v) is 3.58. The van der Waals surface area contributed by atoms with Crippen LogP contribution in [-0.2, 0) is 11.3 Å².